The smallest absolute Gasteiger partial charge is 0.128 e. The van der Waals surface area contributed by atoms with E-state index >= 15 is 0 Å². The number of aromatic nitrogens is 3. The van der Waals surface area contributed by atoms with E-state index in [1.165, 1.54) is 0 Å². The van der Waals surface area contributed by atoms with Crippen molar-refractivity contribution in [2.75, 3.05) is 13.1 Å². The first-order chi connectivity index (χ1) is 8.35. The van der Waals surface area contributed by atoms with Gasteiger partial charge in [0, 0.05) is 31.4 Å². The summed E-state index contributed by atoms with van der Waals surface area (Å²) in [6.45, 7) is 2.74. The Morgan fingerprint density at radius 3 is 3.00 bits per heavy atom. The predicted octanol–water partition coefficient (Wildman–Crippen LogP) is 0.800. The lowest BCUT2D eigenvalue weighted by atomic mass is 10.1. The van der Waals surface area contributed by atoms with Crippen LogP contribution >= 0.6 is 0 Å². The van der Waals surface area contributed by atoms with Crippen molar-refractivity contribution in [1.82, 2.24) is 19.8 Å². The average Bonchev–Trinajstić information content (AvgIpc) is 2.94. The van der Waals surface area contributed by atoms with E-state index in [-0.39, 0.29) is 0 Å². The molecule has 2 aromatic rings. The molecule has 0 aliphatic carbocycles. The van der Waals surface area contributed by atoms with E-state index in [9.17, 15) is 0 Å². The number of hydrogen-bond donors (Lipinski definition) is 0. The first kappa shape index (κ1) is 10.1. The molecule has 0 bridgehead atoms. The molecule has 0 radical (unpaired) electrons. The number of rotatable bonds is 3. The summed E-state index contributed by atoms with van der Waals surface area (Å²) in [6.07, 6.45) is 6.79. The third kappa shape index (κ3) is 1.92. The molecule has 86 valence electrons. The summed E-state index contributed by atoms with van der Waals surface area (Å²) in [5, 5.41) is 16.6. The zero-order valence-electron chi connectivity index (χ0n) is 9.15. The van der Waals surface area contributed by atoms with Crippen LogP contribution in [0.4, 0.5) is 0 Å². The second kappa shape index (κ2) is 4.03. The lowest BCUT2D eigenvalue weighted by molar-refractivity contribution is 0.0907. The van der Waals surface area contributed by atoms with Gasteiger partial charge in [-0.05, 0) is 0 Å². The van der Waals surface area contributed by atoms with Gasteiger partial charge in [0.25, 0.3) is 0 Å². The molecule has 6 nitrogen and oxygen atoms in total. The van der Waals surface area contributed by atoms with Crippen LogP contribution in [0.25, 0.3) is 0 Å². The van der Waals surface area contributed by atoms with Gasteiger partial charge in [-0.2, -0.15) is 10.4 Å². The predicted molar refractivity (Wildman–Crippen MR) is 57.8 cm³/mol. The van der Waals surface area contributed by atoms with Gasteiger partial charge in [0.1, 0.15) is 12.3 Å². The Bertz CT molecular complexity index is 532. The maximum atomic E-state index is 8.72. The normalized spacial score (nSPS) is 16.6. The van der Waals surface area contributed by atoms with Crippen molar-refractivity contribution in [2.24, 2.45) is 0 Å². The fraction of sp³-hybridized carbons (Fsp3) is 0.364. The van der Waals surface area contributed by atoms with Crippen LogP contribution in [0, 0.1) is 11.3 Å². The number of nitriles is 1. The molecule has 0 unspecified atom stereocenters. The molecule has 0 N–H and O–H groups in total. The molecule has 0 aromatic carbocycles. The molecular weight excluding hydrogens is 218 g/mol. The Morgan fingerprint density at radius 2 is 2.35 bits per heavy atom. The van der Waals surface area contributed by atoms with Gasteiger partial charge in [-0.25, -0.2) is 0 Å². The maximum absolute atomic E-state index is 8.72. The summed E-state index contributed by atoms with van der Waals surface area (Å²) in [4.78, 5) is 2.28. The van der Waals surface area contributed by atoms with Crippen LogP contribution in [0.3, 0.4) is 0 Å². The van der Waals surface area contributed by atoms with Gasteiger partial charge in [0.05, 0.1) is 24.0 Å². The highest BCUT2D eigenvalue weighted by molar-refractivity contribution is 5.22. The molecule has 0 saturated carbocycles. The van der Waals surface area contributed by atoms with E-state index in [0.717, 1.165) is 25.2 Å². The third-order valence-corrected chi connectivity index (χ3v) is 2.93. The monoisotopic (exact) mass is 229 g/mol. The lowest BCUT2D eigenvalue weighted by Gasteiger charge is -2.38. The summed E-state index contributed by atoms with van der Waals surface area (Å²) in [6, 6.07) is 2.45. The first-order valence-corrected chi connectivity index (χ1v) is 5.40. The van der Waals surface area contributed by atoms with Gasteiger partial charge in [-0.1, -0.05) is 5.16 Å². The molecule has 1 saturated heterocycles. The van der Waals surface area contributed by atoms with Gasteiger partial charge >= 0.3 is 0 Å². The second-order valence-corrected chi connectivity index (χ2v) is 4.20. The van der Waals surface area contributed by atoms with Gasteiger partial charge in [-0.15, -0.1) is 0 Å². The lowest BCUT2D eigenvalue weighted by Crippen LogP contribution is -2.47. The molecule has 0 spiro atoms. The summed E-state index contributed by atoms with van der Waals surface area (Å²) < 4.78 is 6.65. The molecule has 3 heterocycles. The van der Waals surface area contributed by atoms with Crippen LogP contribution in [-0.4, -0.2) is 32.9 Å². The standard InChI is InChI=1S/C11H11N5O/c12-1-9-2-13-16(5-9)11-6-15(7-11)4-10-3-14-17-8-10/h2-3,5,8,11H,4,6-7H2. The van der Waals surface area contributed by atoms with E-state index in [0.29, 0.717) is 11.6 Å². The van der Waals surface area contributed by atoms with Gasteiger partial charge in [0.15, 0.2) is 0 Å². The topological polar surface area (TPSA) is 70.9 Å². The number of likely N-dealkylation sites (tertiary alicyclic amines) is 1. The molecule has 17 heavy (non-hydrogen) atoms. The first-order valence-electron chi connectivity index (χ1n) is 5.40. The van der Waals surface area contributed by atoms with E-state index in [2.05, 4.69) is 21.2 Å². The second-order valence-electron chi connectivity index (χ2n) is 4.20. The number of nitrogens with zero attached hydrogens (tertiary/aromatic N) is 5. The molecule has 0 amide bonds. The zero-order chi connectivity index (χ0) is 11.7. The quantitative estimate of drug-likeness (QED) is 0.778. The fourth-order valence-corrected chi connectivity index (χ4v) is 2.00. The Labute approximate surface area is 98.0 Å². The van der Waals surface area contributed by atoms with E-state index in [4.69, 9.17) is 9.78 Å². The highest BCUT2D eigenvalue weighted by atomic mass is 16.5. The largest absolute Gasteiger partial charge is 0.364 e. The fourth-order valence-electron chi connectivity index (χ4n) is 2.00. The van der Waals surface area contributed by atoms with Crippen LogP contribution in [0.5, 0.6) is 0 Å². The van der Waals surface area contributed by atoms with Gasteiger partial charge in [-0.3, -0.25) is 9.58 Å². The molecular formula is C11H11N5O. The van der Waals surface area contributed by atoms with Crippen LogP contribution in [0.1, 0.15) is 17.2 Å². The minimum atomic E-state index is 0.372. The van der Waals surface area contributed by atoms with E-state index in [1.54, 1.807) is 24.9 Å². The SMILES string of the molecule is N#Cc1cnn(C2CN(Cc3cnoc3)C2)c1. The van der Waals surface area contributed by atoms with Crippen molar-refractivity contribution in [1.29, 1.82) is 5.26 Å². The zero-order valence-corrected chi connectivity index (χ0v) is 9.15. The van der Waals surface area contributed by atoms with Crippen molar-refractivity contribution in [3.8, 4) is 6.07 Å². The van der Waals surface area contributed by atoms with Crippen molar-refractivity contribution in [2.45, 2.75) is 12.6 Å². The molecule has 6 heteroatoms. The van der Waals surface area contributed by atoms with Crippen molar-refractivity contribution in [3.63, 3.8) is 0 Å². The Balaban J connectivity index is 1.56. The summed E-state index contributed by atoms with van der Waals surface area (Å²) >= 11 is 0. The molecule has 3 rings (SSSR count). The van der Waals surface area contributed by atoms with Crippen molar-refractivity contribution >= 4 is 0 Å². The van der Waals surface area contributed by atoms with Gasteiger partial charge in [0.2, 0.25) is 0 Å². The molecule has 1 aliphatic rings. The molecule has 1 fully saturated rings. The Kier molecular flexibility index (Phi) is 2.38. The van der Waals surface area contributed by atoms with Crippen LogP contribution in [0.2, 0.25) is 0 Å². The average molecular weight is 229 g/mol. The Hall–Kier alpha value is -2.13. The van der Waals surface area contributed by atoms with Gasteiger partial charge < -0.3 is 4.52 Å². The summed E-state index contributed by atoms with van der Waals surface area (Å²) in [5.41, 5.74) is 1.70. The molecule has 2 aromatic heterocycles. The van der Waals surface area contributed by atoms with Crippen molar-refractivity contribution < 1.29 is 4.52 Å². The Morgan fingerprint density at radius 1 is 1.47 bits per heavy atom. The highest BCUT2D eigenvalue weighted by Crippen LogP contribution is 2.22. The minimum Gasteiger partial charge on any atom is -0.364 e. The van der Waals surface area contributed by atoms with Crippen LogP contribution < -0.4 is 0 Å². The third-order valence-electron chi connectivity index (χ3n) is 2.93. The van der Waals surface area contributed by atoms with E-state index in [1.807, 2.05) is 4.68 Å². The van der Waals surface area contributed by atoms with Crippen LogP contribution in [0.15, 0.2) is 29.4 Å². The highest BCUT2D eigenvalue weighted by Gasteiger charge is 2.28. The minimum absolute atomic E-state index is 0.372. The van der Waals surface area contributed by atoms with Crippen LogP contribution in [-0.2, 0) is 6.54 Å². The van der Waals surface area contributed by atoms with E-state index < -0.39 is 0 Å². The summed E-state index contributed by atoms with van der Waals surface area (Å²) in [5.74, 6) is 0. The molecule has 0 atom stereocenters. The molecule has 1 aliphatic heterocycles. The van der Waals surface area contributed by atoms with Crippen molar-refractivity contribution in [3.05, 3.63) is 36.0 Å². The number of hydrogen-bond acceptors (Lipinski definition) is 5. The maximum Gasteiger partial charge on any atom is 0.128 e. The summed E-state index contributed by atoms with van der Waals surface area (Å²) in [7, 11) is 0.